The number of nitrogens with zero attached hydrogens (tertiary/aromatic N) is 2. The lowest BCUT2D eigenvalue weighted by Crippen LogP contribution is -2.52. The van der Waals surface area contributed by atoms with Gasteiger partial charge in [0.1, 0.15) is 5.82 Å². The number of hydrogen-bond donors (Lipinski definition) is 2. The van der Waals surface area contributed by atoms with E-state index in [-0.39, 0.29) is 18.7 Å². The molecule has 8 nitrogen and oxygen atoms in total. The van der Waals surface area contributed by atoms with Crippen molar-refractivity contribution in [3.63, 3.8) is 0 Å². The van der Waals surface area contributed by atoms with Crippen LogP contribution in [0.3, 0.4) is 0 Å². The van der Waals surface area contributed by atoms with Gasteiger partial charge in [0.2, 0.25) is 0 Å². The Kier molecular flexibility index (Phi) is 4.40. The standard InChI is InChI=1S/C23H17FN4O4/c24-18-6-3-16-12-27(20(29)19(16)11-18)13-23(21(30)25-22(31)26-23)17-4-1-14(2-5-17)15-7-9-28(32)10-8-15/h1-11H,12-13H2,(H2,25,26,30,31)/t23-/m0/s1. The van der Waals surface area contributed by atoms with Gasteiger partial charge in [0, 0.05) is 24.2 Å². The van der Waals surface area contributed by atoms with Crippen LogP contribution in [0.5, 0.6) is 0 Å². The van der Waals surface area contributed by atoms with Crippen LogP contribution in [0.2, 0.25) is 0 Å². The van der Waals surface area contributed by atoms with Gasteiger partial charge in [-0.3, -0.25) is 14.9 Å². The second kappa shape index (κ2) is 7.16. The largest absolute Gasteiger partial charge is 0.619 e. The SMILES string of the molecule is O=C1NC(=O)[C@](CN2Cc3ccc(F)cc3C2=O)(c2ccc(-c3cc[n+]([O-])cc3)cc2)N1. The fourth-order valence-corrected chi connectivity index (χ4v) is 4.20. The highest BCUT2D eigenvalue weighted by Gasteiger charge is 2.50. The molecule has 1 atom stereocenters. The summed E-state index contributed by atoms with van der Waals surface area (Å²) >= 11 is 0. The van der Waals surface area contributed by atoms with Gasteiger partial charge in [-0.25, -0.2) is 9.18 Å². The molecule has 0 radical (unpaired) electrons. The van der Waals surface area contributed by atoms with E-state index in [1.165, 1.54) is 29.4 Å². The van der Waals surface area contributed by atoms with E-state index in [4.69, 9.17) is 0 Å². The van der Waals surface area contributed by atoms with E-state index < -0.39 is 29.2 Å². The third kappa shape index (κ3) is 3.15. The van der Waals surface area contributed by atoms with Crippen LogP contribution in [0.15, 0.2) is 67.0 Å². The van der Waals surface area contributed by atoms with Crippen molar-refractivity contribution in [3.05, 3.63) is 94.7 Å². The highest BCUT2D eigenvalue weighted by Crippen LogP contribution is 2.32. The van der Waals surface area contributed by atoms with Crippen LogP contribution in [0.25, 0.3) is 11.1 Å². The number of benzene rings is 2. The lowest BCUT2D eigenvalue weighted by Gasteiger charge is -2.31. The van der Waals surface area contributed by atoms with Crippen molar-refractivity contribution >= 4 is 17.8 Å². The quantitative estimate of drug-likeness (QED) is 0.373. The number of pyridine rings is 1. The zero-order chi connectivity index (χ0) is 22.5. The maximum Gasteiger partial charge on any atom is 0.322 e. The predicted molar refractivity (Wildman–Crippen MR) is 110 cm³/mol. The molecule has 2 aliphatic heterocycles. The fraction of sp³-hybridized carbons (Fsp3) is 0.130. The minimum absolute atomic E-state index is 0.111. The number of aromatic nitrogens is 1. The first kappa shape index (κ1) is 19.7. The number of carbonyl (C=O) groups is 3. The van der Waals surface area contributed by atoms with Crippen molar-refractivity contribution in [1.29, 1.82) is 0 Å². The molecule has 2 N–H and O–H groups in total. The third-order valence-electron chi connectivity index (χ3n) is 5.83. The molecule has 0 bridgehead atoms. The molecule has 160 valence electrons. The summed E-state index contributed by atoms with van der Waals surface area (Å²) in [5.41, 5.74) is 1.54. The molecule has 0 aliphatic carbocycles. The zero-order valence-electron chi connectivity index (χ0n) is 16.7. The lowest BCUT2D eigenvalue weighted by atomic mass is 9.88. The van der Waals surface area contributed by atoms with Gasteiger partial charge in [0.25, 0.3) is 11.8 Å². The summed E-state index contributed by atoms with van der Waals surface area (Å²) in [6.45, 7) is 0.0945. The molecule has 0 saturated carbocycles. The number of nitrogens with one attached hydrogen (secondary N) is 2. The Labute approximate surface area is 181 Å². The molecule has 5 rings (SSSR count). The lowest BCUT2D eigenvalue weighted by molar-refractivity contribution is -0.605. The molecule has 2 aliphatic rings. The molecule has 2 aromatic carbocycles. The van der Waals surface area contributed by atoms with Crippen molar-refractivity contribution in [2.24, 2.45) is 0 Å². The van der Waals surface area contributed by atoms with Crippen LogP contribution in [0, 0.1) is 11.0 Å². The minimum atomic E-state index is -1.49. The summed E-state index contributed by atoms with van der Waals surface area (Å²) in [5, 5.41) is 16.2. The molecule has 0 unspecified atom stereocenters. The molecule has 1 saturated heterocycles. The molecule has 3 aromatic rings. The number of fused-ring (bicyclic) bond motifs is 1. The van der Waals surface area contributed by atoms with Crippen LogP contribution in [0.4, 0.5) is 9.18 Å². The monoisotopic (exact) mass is 432 g/mol. The van der Waals surface area contributed by atoms with Gasteiger partial charge >= 0.3 is 6.03 Å². The normalized spacial score (nSPS) is 19.7. The number of carbonyl (C=O) groups excluding carboxylic acids is 3. The number of rotatable bonds is 4. The summed E-state index contributed by atoms with van der Waals surface area (Å²) in [6, 6.07) is 13.6. The molecular formula is C23H17FN4O4. The minimum Gasteiger partial charge on any atom is -0.619 e. The Morgan fingerprint density at radius 1 is 1.00 bits per heavy atom. The first-order valence-electron chi connectivity index (χ1n) is 9.87. The topological polar surface area (TPSA) is 105 Å². The third-order valence-corrected chi connectivity index (χ3v) is 5.83. The van der Waals surface area contributed by atoms with Crippen molar-refractivity contribution in [2.75, 3.05) is 6.54 Å². The molecule has 32 heavy (non-hydrogen) atoms. The molecule has 1 fully saturated rings. The summed E-state index contributed by atoms with van der Waals surface area (Å²) in [4.78, 5) is 39.2. The van der Waals surface area contributed by atoms with Crippen LogP contribution >= 0.6 is 0 Å². The molecule has 0 spiro atoms. The first-order valence-corrected chi connectivity index (χ1v) is 9.87. The van der Waals surface area contributed by atoms with E-state index in [1.54, 1.807) is 42.5 Å². The van der Waals surface area contributed by atoms with Crippen LogP contribution in [-0.4, -0.2) is 29.3 Å². The second-order valence-corrected chi connectivity index (χ2v) is 7.80. The summed E-state index contributed by atoms with van der Waals surface area (Å²) in [6.07, 6.45) is 2.77. The Morgan fingerprint density at radius 3 is 2.34 bits per heavy atom. The number of hydrogen-bond acceptors (Lipinski definition) is 4. The van der Waals surface area contributed by atoms with Crippen molar-refractivity contribution < 1.29 is 23.5 Å². The predicted octanol–water partition coefficient (Wildman–Crippen LogP) is 1.82. The number of imide groups is 1. The Hall–Kier alpha value is -4.27. The molecule has 3 heterocycles. The second-order valence-electron chi connectivity index (χ2n) is 7.80. The van der Waals surface area contributed by atoms with Gasteiger partial charge in [-0.15, -0.1) is 0 Å². The summed E-state index contributed by atoms with van der Waals surface area (Å²) in [7, 11) is 0. The fourth-order valence-electron chi connectivity index (χ4n) is 4.20. The van der Waals surface area contributed by atoms with Gasteiger partial charge in [0.05, 0.1) is 6.54 Å². The average Bonchev–Trinajstić information content (AvgIpc) is 3.24. The van der Waals surface area contributed by atoms with Gasteiger partial charge in [-0.1, -0.05) is 30.3 Å². The van der Waals surface area contributed by atoms with E-state index in [9.17, 15) is 24.0 Å². The van der Waals surface area contributed by atoms with Crippen LogP contribution in [-0.2, 0) is 16.9 Å². The van der Waals surface area contributed by atoms with Crippen LogP contribution < -0.4 is 15.4 Å². The van der Waals surface area contributed by atoms with E-state index in [0.29, 0.717) is 15.9 Å². The summed E-state index contributed by atoms with van der Waals surface area (Å²) in [5.74, 6) is -1.49. The highest BCUT2D eigenvalue weighted by atomic mass is 19.1. The molecule has 4 amide bonds. The number of halogens is 1. The maximum atomic E-state index is 13.6. The smallest absolute Gasteiger partial charge is 0.322 e. The number of amides is 4. The van der Waals surface area contributed by atoms with Gasteiger partial charge in [-0.05, 0) is 34.4 Å². The first-order chi connectivity index (χ1) is 15.4. The number of urea groups is 1. The van der Waals surface area contributed by atoms with E-state index >= 15 is 0 Å². The highest BCUT2D eigenvalue weighted by molar-refractivity contribution is 6.08. The average molecular weight is 432 g/mol. The van der Waals surface area contributed by atoms with E-state index in [2.05, 4.69) is 10.6 Å². The van der Waals surface area contributed by atoms with Crippen molar-refractivity contribution in [2.45, 2.75) is 12.1 Å². The van der Waals surface area contributed by atoms with Crippen molar-refractivity contribution in [1.82, 2.24) is 15.5 Å². The Morgan fingerprint density at radius 2 is 1.69 bits per heavy atom. The van der Waals surface area contributed by atoms with Crippen LogP contribution in [0.1, 0.15) is 21.5 Å². The van der Waals surface area contributed by atoms with Gasteiger partial charge in [-0.2, -0.15) is 4.73 Å². The van der Waals surface area contributed by atoms with Gasteiger partial charge in [0.15, 0.2) is 17.9 Å². The Balaban J connectivity index is 1.48. The van der Waals surface area contributed by atoms with Gasteiger partial charge < -0.3 is 15.4 Å². The maximum absolute atomic E-state index is 13.6. The molecule has 9 heteroatoms. The van der Waals surface area contributed by atoms with E-state index in [0.717, 1.165) is 11.1 Å². The van der Waals surface area contributed by atoms with Crippen molar-refractivity contribution in [3.8, 4) is 11.1 Å². The summed E-state index contributed by atoms with van der Waals surface area (Å²) < 4.78 is 14.3. The Bertz CT molecular complexity index is 1260. The zero-order valence-corrected chi connectivity index (χ0v) is 16.7. The molecular weight excluding hydrogens is 415 g/mol. The van der Waals surface area contributed by atoms with E-state index in [1.807, 2.05) is 0 Å². The molecule has 1 aromatic heterocycles.